The fourth-order valence-electron chi connectivity index (χ4n) is 1.69. The lowest BCUT2D eigenvalue weighted by Gasteiger charge is -2.17. The first-order valence-electron chi connectivity index (χ1n) is 5.84. The molecule has 0 atom stereocenters. The predicted molar refractivity (Wildman–Crippen MR) is 83.9 cm³/mol. The van der Waals surface area contributed by atoms with Crippen LogP contribution in [0.1, 0.15) is 15.2 Å². The van der Waals surface area contributed by atoms with Crippen molar-refractivity contribution >= 4 is 46.3 Å². The molecule has 0 aliphatic rings. The van der Waals surface area contributed by atoms with Gasteiger partial charge in [0.2, 0.25) is 0 Å². The molecule has 0 bridgehead atoms. The molecule has 2 aromatic heterocycles. The molecule has 0 radical (unpaired) electrons. The van der Waals surface area contributed by atoms with E-state index in [1.165, 1.54) is 17.5 Å². The molecule has 2 aromatic rings. The van der Waals surface area contributed by atoms with Crippen LogP contribution in [0.3, 0.4) is 0 Å². The lowest BCUT2D eigenvalue weighted by atomic mass is 10.2. The van der Waals surface area contributed by atoms with Gasteiger partial charge in [-0.2, -0.15) is 0 Å². The van der Waals surface area contributed by atoms with E-state index < -0.39 is 0 Å². The molecule has 7 heteroatoms. The number of hydrogen-bond donors (Lipinski definition) is 1. The normalized spacial score (nSPS) is 10.4. The second kappa shape index (κ2) is 6.43. The standard InChI is InChI=1S/C13H13Cl2N3OS/c1-16-12-5-9(10(14)6-17-12)13(19)18(2)7-8-3-4-11(15)20-8/h3-6H,7H2,1-2H3,(H,16,17). The lowest BCUT2D eigenvalue weighted by Crippen LogP contribution is -2.26. The van der Waals surface area contributed by atoms with Gasteiger partial charge in [0.05, 0.1) is 21.5 Å². The first-order chi connectivity index (χ1) is 9.51. The number of nitrogens with one attached hydrogen (secondary N) is 1. The topological polar surface area (TPSA) is 45.2 Å². The zero-order valence-electron chi connectivity index (χ0n) is 11.0. The fraction of sp³-hybridized carbons (Fsp3) is 0.231. The van der Waals surface area contributed by atoms with Crippen molar-refractivity contribution in [3.8, 4) is 0 Å². The summed E-state index contributed by atoms with van der Waals surface area (Å²) < 4.78 is 0.709. The first kappa shape index (κ1) is 15.1. The number of halogens is 2. The van der Waals surface area contributed by atoms with Gasteiger partial charge < -0.3 is 10.2 Å². The second-order valence-corrected chi connectivity index (χ2v) is 6.37. The minimum atomic E-state index is -0.154. The van der Waals surface area contributed by atoms with Crippen molar-refractivity contribution in [2.45, 2.75) is 6.54 Å². The molecule has 0 fully saturated rings. The van der Waals surface area contributed by atoms with Crippen molar-refractivity contribution in [3.05, 3.63) is 44.2 Å². The number of rotatable bonds is 4. The molecule has 1 amide bonds. The Hall–Kier alpha value is -1.30. The third-order valence-electron chi connectivity index (χ3n) is 2.71. The molecular weight excluding hydrogens is 317 g/mol. The van der Waals surface area contributed by atoms with Gasteiger partial charge in [-0.1, -0.05) is 23.2 Å². The number of carbonyl (C=O) groups is 1. The molecule has 1 N–H and O–H groups in total. The summed E-state index contributed by atoms with van der Waals surface area (Å²) in [6.07, 6.45) is 1.47. The van der Waals surface area contributed by atoms with E-state index in [0.717, 1.165) is 4.88 Å². The Balaban J connectivity index is 2.17. The average molecular weight is 330 g/mol. The minimum Gasteiger partial charge on any atom is -0.373 e. The zero-order valence-corrected chi connectivity index (χ0v) is 13.3. The fourth-order valence-corrected chi connectivity index (χ4v) is 3.01. The molecule has 2 heterocycles. The Labute approximate surface area is 131 Å². The summed E-state index contributed by atoms with van der Waals surface area (Å²) >= 11 is 13.4. The summed E-state index contributed by atoms with van der Waals surface area (Å²) in [5, 5.41) is 3.22. The number of aromatic nitrogens is 1. The van der Waals surface area contributed by atoms with Crippen molar-refractivity contribution < 1.29 is 4.79 Å². The maximum Gasteiger partial charge on any atom is 0.255 e. The Bertz CT molecular complexity index is 630. The van der Waals surface area contributed by atoms with Crippen LogP contribution in [0.5, 0.6) is 0 Å². The molecular formula is C13H13Cl2N3OS. The summed E-state index contributed by atoms with van der Waals surface area (Å²) in [6, 6.07) is 5.37. The van der Waals surface area contributed by atoms with Crippen LogP contribution in [0.2, 0.25) is 9.36 Å². The summed E-state index contributed by atoms with van der Waals surface area (Å²) in [5.74, 6) is 0.448. The van der Waals surface area contributed by atoms with Gasteiger partial charge in [-0.25, -0.2) is 4.98 Å². The molecule has 0 aliphatic carbocycles. The number of anilines is 1. The summed E-state index contributed by atoms with van der Waals surface area (Å²) in [7, 11) is 3.47. The van der Waals surface area contributed by atoms with Crippen molar-refractivity contribution in [2.24, 2.45) is 0 Å². The van der Waals surface area contributed by atoms with E-state index in [-0.39, 0.29) is 5.91 Å². The molecule has 0 saturated carbocycles. The molecule has 0 aromatic carbocycles. The van der Waals surface area contributed by atoms with Crippen LogP contribution in [-0.4, -0.2) is 29.9 Å². The van der Waals surface area contributed by atoms with Crippen LogP contribution >= 0.6 is 34.5 Å². The average Bonchev–Trinajstić information content (AvgIpc) is 2.84. The van der Waals surface area contributed by atoms with Gasteiger partial charge in [0.25, 0.3) is 5.91 Å². The van der Waals surface area contributed by atoms with Crippen LogP contribution in [0.4, 0.5) is 5.82 Å². The van der Waals surface area contributed by atoms with E-state index in [1.807, 2.05) is 12.1 Å². The van der Waals surface area contributed by atoms with Crippen LogP contribution in [0.15, 0.2) is 24.4 Å². The molecule has 0 aliphatic heterocycles. The van der Waals surface area contributed by atoms with Crippen molar-refractivity contribution in [1.82, 2.24) is 9.88 Å². The number of hydrogen-bond acceptors (Lipinski definition) is 4. The van der Waals surface area contributed by atoms with Crippen molar-refractivity contribution in [3.63, 3.8) is 0 Å². The highest BCUT2D eigenvalue weighted by Gasteiger charge is 2.17. The van der Waals surface area contributed by atoms with Gasteiger partial charge in [-0.05, 0) is 18.2 Å². The van der Waals surface area contributed by atoms with E-state index in [2.05, 4.69) is 10.3 Å². The highest BCUT2D eigenvalue weighted by atomic mass is 35.5. The van der Waals surface area contributed by atoms with Gasteiger partial charge in [-0.15, -0.1) is 11.3 Å². The van der Waals surface area contributed by atoms with Crippen molar-refractivity contribution in [1.29, 1.82) is 0 Å². The molecule has 20 heavy (non-hydrogen) atoms. The second-order valence-electron chi connectivity index (χ2n) is 4.17. The zero-order chi connectivity index (χ0) is 14.7. The van der Waals surface area contributed by atoms with Gasteiger partial charge in [0.15, 0.2) is 0 Å². The maximum absolute atomic E-state index is 12.4. The molecule has 2 rings (SSSR count). The third-order valence-corrected chi connectivity index (χ3v) is 4.23. The number of thiophene rings is 1. The van der Waals surface area contributed by atoms with Gasteiger partial charge in [-0.3, -0.25) is 4.79 Å². The molecule has 4 nitrogen and oxygen atoms in total. The monoisotopic (exact) mass is 329 g/mol. The Morgan fingerprint density at radius 2 is 2.20 bits per heavy atom. The smallest absolute Gasteiger partial charge is 0.255 e. The van der Waals surface area contributed by atoms with Crippen LogP contribution in [0.25, 0.3) is 0 Å². The number of carbonyl (C=O) groups excluding carboxylic acids is 1. The largest absolute Gasteiger partial charge is 0.373 e. The van der Waals surface area contributed by atoms with E-state index in [4.69, 9.17) is 23.2 Å². The number of pyridine rings is 1. The van der Waals surface area contributed by atoms with E-state index in [1.54, 1.807) is 25.1 Å². The predicted octanol–water partition coefficient (Wildman–Crippen LogP) is 3.76. The van der Waals surface area contributed by atoms with Crippen LogP contribution < -0.4 is 5.32 Å². The van der Waals surface area contributed by atoms with Crippen LogP contribution in [-0.2, 0) is 6.54 Å². The molecule has 0 saturated heterocycles. The first-order valence-corrected chi connectivity index (χ1v) is 7.41. The number of amides is 1. The quantitative estimate of drug-likeness (QED) is 0.928. The maximum atomic E-state index is 12.4. The molecule has 0 unspecified atom stereocenters. The van der Waals surface area contributed by atoms with Gasteiger partial charge in [0.1, 0.15) is 5.82 Å². The lowest BCUT2D eigenvalue weighted by molar-refractivity contribution is 0.0786. The van der Waals surface area contributed by atoms with E-state index in [0.29, 0.717) is 27.3 Å². The van der Waals surface area contributed by atoms with Gasteiger partial charge in [0, 0.05) is 25.2 Å². The SMILES string of the molecule is CNc1cc(C(=O)N(C)Cc2ccc(Cl)s2)c(Cl)cn1. The highest BCUT2D eigenvalue weighted by molar-refractivity contribution is 7.16. The van der Waals surface area contributed by atoms with Crippen LogP contribution in [0, 0.1) is 0 Å². The Kier molecular flexibility index (Phi) is 4.86. The highest BCUT2D eigenvalue weighted by Crippen LogP contribution is 2.24. The Morgan fingerprint density at radius 3 is 2.80 bits per heavy atom. The minimum absolute atomic E-state index is 0.154. The third kappa shape index (κ3) is 3.42. The van der Waals surface area contributed by atoms with E-state index in [9.17, 15) is 4.79 Å². The number of nitrogens with zero attached hydrogens (tertiary/aromatic N) is 2. The van der Waals surface area contributed by atoms with Crippen molar-refractivity contribution in [2.75, 3.05) is 19.4 Å². The Morgan fingerprint density at radius 1 is 1.45 bits per heavy atom. The summed E-state index contributed by atoms with van der Waals surface area (Å²) in [4.78, 5) is 19.1. The summed E-state index contributed by atoms with van der Waals surface area (Å²) in [5.41, 5.74) is 0.427. The molecule has 0 spiro atoms. The molecule has 106 valence electrons. The summed E-state index contributed by atoms with van der Waals surface area (Å²) in [6.45, 7) is 0.490. The van der Waals surface area contributed by atoms with E-state index >= 15 is 0 Å². The van der Waals surface area contributed by atoms with Gasteiger partial charge >= 0.3 is 0 Å².